The summed E-state index contributed by atoms with van der Waals surface area (Å²) in [5.74, 6) is 0.934. The van der Waals surface area contributed by atoms with Crippen LogP contribution >= 0.6 is 0 Å². The highest BCUT2D eigenvalue weighted by Crippen LogP contribution is 2.33. The maximum Gasteiger partial charge on any atom is 0.127 e. The number of ether oxygens (including phenoxy) is 1. The van der Waals surface area contributed by atoms with Crippen molar-refractivity contribution in [2.24, 2.45) is 0 Å². The molecule has 1 aromatic rings. The van der Waals surface area contributed by atoms with Crippen LogP contribution < -0.4 is 10.2 Å². The SMILES string of the molecule is CNc1cc(N2CCOC3CCCC32)ccn1. The lowest BCUT2D eigenvalue weighted by atomic mass is 10.1. The zero-order valence-electron chi connectivity index (χ0n) is 10.2. The van der Waals surface area contributed by atoms with Gasteiger partial charge in [0.1, 0.15) is 5.82 Å². The summed E-state index contributed by atoms with van der Waals surface area (Å²) in [6, 6.07) is 4.79. The largest absolute Gasteiger partial charge is 0.374 e. The Bertz CT molecular complexity index is 396. The van der Waals surface area contributed by atoms with Gasteiger partial charge in [-0.15, -0.1) is 0 Å². The highest BCUT2D eigenvalue weighted by atomic mass is 16.5. The fourth-order valence-electron chi connectivity index (χ4n) is 2.98. The van der Waals surface area contributed by atoms with Crippen LogP contribution in [-0.4, -0.2) is 37.3 Å². The third kappa shape index (κ3) is 1.97. The van der Waals surface area contributed by atoms with Crippen molar-refractivity contribution >= 4 is 11.5 Å². The fourth-order valence-corrected chi connectivity index (χ4v) is 2.98. The number of aromatic nitrogens is 1. The Labute approximate surface area is 102 Å². The molecule has 1 aromatic heterocycles. The molecule has 0 amide bonds. The molecule has 92 valence electrons. The molecule has 0 bridgehead atoms. The minimum absolute atomic E-state index is 0.440. The van der Waals surface area contributed by atoms with Crippen LogP contribution in [0.2, 0.25) is 0 Å². The van der Waals surface area contributed by atoms with E-state index in [9.17, 15) is 0 Å². The summed E-state index contributed by atoms with van der Waals surface area (Å²) in [5.41, 5.74) is 1.27. The van der Waals surface area contributed by atoms with Crippen molar-refractivity contribution in [3.8, 4) is 0 Å². The van der Waals surface area contributed by atoms with Crippen molar-refractivity contribution in [1.82, 2.24) is 4.98 Å². The Kier molecular flexibility index (Phi) is 2.89. The second-order valence-corrected chi connectivity index (χ2v) is 4.75. The predicted molar refractivity (Wildman–Crippen MR) is 68.5 cm³/mol. The molecule has 2 fully saturated rings. The average Bonchev–Trinajstić information content (AvgIpc) is 2.87. The Morgan fingerprint density at radius 2 is 2.41 bits per heavy atom. The zero-order valence-corrected chi connectivity index (χ0v) is 10.2. The summed E-state index contributed by atoms with van der Waals surface area (Å²) >= 11 is 0. The van der Waals surface area contributed by atoms with Gasteiger partial charge in [-0.05, 0) is 25.3 Å². The van der Waals surface area contributed by atoms with Gasteiger partial charge in [-0.25, -0.2) is 4.98 Å². The summed E-state index contributed by atoms with van der Waals surface area (Å²) in [7, 11) is 1.91. The molecule has 4 heteroatoms. The average molecular weight is 233 g/mol. The number of nitrogens with zero attached hydrogens (tertiary/aromatic N) is 2. The van der Waals surface area contributed by atoms with Crippen LogP contribution in [0.3, 0.4) is 0 Å². The fraction of sp³-hybridized carbons (Fsp3) is 0.615. The van der Waals surface area contributed by atoms with Gasteiger partial charge in [0.05, 0.1) is 18.8 Å². The third-order valence-electron chi connectivity index (χ3n) is 3.81. The van der Waals surface area contributed by atoms with Crippen LogP contribution in [0, 0.1) is 0 Å². The summed E-state index contributed by atoms with van der Waals surface area (Å²) in [5, 5.41) is 3.10. The van der Waals surface area contributed by atoms with Gasteiger partial charge in [-0.2, -0.15) is 0 Å². The number of hydrogen-bond acceptors (Lipinski definition) is 4. The summed E-state index contributed by atoms with van der Waals surface area (Å²) in [6.45, 7) is 1.84. The monoisotopic (exact) mass is 233 g/mol. The van der Waals surface area contributed by atoms with Crippen molar-refractivity contribution in [3.05, 3.63) is 18.3 Å². The van der Waals surface area contributed by atoms with Crippen LogP contribution in [0.25, 0.3) is 0 Å². The first-order valence-corrected chi connectivity index (χ1v) is 6.40. The number of rotatable bonds is 2. The van der Waals surface area contributed by atoms with E-state index in [1.165, 1.54) is 24.9 Å². The molecule has 1 N–H and O–H groups in total. The molecule has 1 saturated carbocycles. The second kappa shape index (κ2) is 4.53. The standard InChI is InChI=1S/C13H19N3O/c1-14-13-9-10(5-6-15-13)16-7-8-17-12-4-2-3-11(12)16/h5-6,9,11-12H,2-4,7-8H2,1H3,(H,14,15). The topological polar surface area (TPSA) is 37.4 Å². The lowest BCUT2D eigenvalue weighted by Crippen LogP contribution is -2.48. The Morgan fingerprint density at radius 1 is 1.47 bits per heavy atom. The van der Waals surface area contributed by atoms with Gasteiger partial charge < -0.3 is 15.0 Å². The molecule has 1 saturated heterocycles. The van der Waals surface area contributed by atoms with Crippen molar-refractivity contribution in [2.45, 2.75) is 31.4 Å². The Balaban J connectivity index is 1.86. The molecule has 2 unspecified atom stereocenters. The van der Waals surface area contributed by atoms with Crippen molar-refractivity contribution < 1.29 is 4.74 Å². The number of morpholine rings is 1. The van der Waals surface area contributed by atoms with Crippen molar-refractivity contribution in [3.63, 3.8) is 0 Å². The van der Waals surface area contributed by atoms with E-state index in [1.807, 2.05) is 13.2 Å². The predicted octanol–water partition coefficient (Wildman–Crippen LogP) is 1.88. The molecule has 2 aliphatic rings. The number of nitrogens with one attached hydrogen (secondary N) is 1. The molecule has 4 nitrogen and oxygen atoms in total. The quantitative estimate of drug-likeness (QED) is 0.846. The lowest BCUT2D eigenvalue weighted by Gasteiger charge is -2.39. The molecular weight excluding hydrogens is 214 g/mol. The number of pyridine rings is 1. The summed E-state index contributed by atoms with van der Waals surface area (Å²) < 4.78 is 5.84. The van der Waals surface area contributed by atoms with E-state index in [2.05, 4.69) is 27.3 Å². The van der Waals surface area contributed by atoms with E-state index in [4.69, 9.17) is 4.74 Å². The smallest absolute Gasteiger partial charge is 0.127 e. The Hall–Kier alpha value is -1.29. The number of anilines is 2. The maximum absolute atomic E-state index is 5.84. The summed E-state index contributed by atoms with van der Waals surface area (Å²) in [6.07, 6.45) is 6.07. The molecule has 3 rings (SSSR count). The minimum atomic E-state index is 0.440. The normalized spacial score (nSPS) is 27.9. The van der Waals surface area contributed by atoms with E-state index >= 15 is 0 Å². The maximum atomic E-state index is 5.84. The Morgan fingerprint density at radius 3 is 3.29 bits per heavy atom. The van der Waals surface area contributed by atoms with Gasteiger partial charge in [-0.1, -0.05) is 0 Å². The van der Waals surface area contributed by atoms with E-state index in [0.29, 0.717) is 12.1 Å². The highest BCUT2D eigenvalue weighted by Gasteiger charge is 2.36. The molecule has 0 aromatic carbocycles. The van der Waals surface area contributed by atoms with Crippen LogP contribution in [0.5, 0.6) is 0 Å². The molecule has 0 radical (unpaired) electrons. The molecule has 17 heavy (non-hydrogen) atoms. The van der Waals surface area contributed by atoms with E-state index < -0.39 is 0 Å². The highest BCUT2D eigenvalue weighted by molar-refractivity contribution is 5.55. The van der Waals surface area contributed by atoms with Gasteiger partial charge >= 0.3 is 0 Å². The molecule has 1 aliphatic carbocycles. The first-order chi connectivity index (χ1) is 8.38. The molecule has 1 aliphatic heterocycles. The molecule has 2 atom stereocenters. The van der Waals surface area contributed by atoms with Crippen LogP contribution in [-0.2, 0) is 4.74 Å². The first kappa shape index (κ1) is 10.8. The van der Waals surface area contributed by atoms with Gasteiger partial charge in [0.15, 0.2) is 0 Å². The second-order valence-electron chi connectivity index (χ2n) is 4.75. The van der Waals surface area contributed by atoms with Gasteiger partial charge in [0.25, 0.3) is 0 Å². The zero-order chi connectivity index (χ0) is 11.7. The van der Waals surface area contributed by atoms with E-state index in [0.717, 1.165) is 19.0 Å². The summed E-state index contributed by atoms with van der Waals surface area (Å²) in [4.78, 5) is 6.76. The third-order valence-corrected chi connectivity index (χ3v) is 3.81. The van der Waals surface area contributed by atoms with Crippen LogP contribution in [0.4, 0.5) is 11.5 Å². The number of fused-ring (bicyclic) bond motifs is 1. The number of hydrogen-bond donors (Lipinski definition) is 1. The first-order valence-electron chi connectivity index (χ1n) is 6.40. The van der Waals surface area contributed by atoms with Crippen molar-refractivity contribution in [1.29, 1.82) is 0 Å². The van der Waals surface area contributed by atoms with Crippen LogP contribution in [0.15, 0.2) is 18.3 Å². The molecule has 2 heterocycles. The van der Waals surface area contributed by atoms with Gasteiger partial charge in [-0.3, -0.25) is 0 Å². The van der Waals surface area contributed by atoms with E-state index in [-0.39, 0.29) is 0 Å². The minimum Gasteiger partial charge on any atom is -0.374 e. The van der Waals surface area contributed by atoms with Gasteiger partial charge in [0.2, 0.25) is 0 Å². The van der Waals surface area contributed by atoms with Gasteiger partial charge in [0, 0.05) is 31.5 Å². The lowest BCUT2D eigenvalue weighted by molar-refractivity contribution is 0.0256. The van der Waals surface area contributed by atoms with Crippen LogP contribution in [0.1, 0.15) is 19.3 Å². The molecular formula is C13H19N3O. The van der Waals surface area contributed by atoms with Crippen molar-refractivity contribution in [2.75, 3.05) is 30.4 Å². The van der Waals surface area contributed by atoms with E-state index in [1.54, 1.807) is 0 Å². The molecule has 0 spiro atoms.